The van der Waals surface area contributed by atoms with Crippen molar-refractivity contribution < 1.29 is 14.7 Å². The minimum absolute atomic E-state index is 0.0935. The number of piperidine rings is 2. The molecule has 2 heterocycles. The van der Waals surface area contributed by atoms with Gasteiger partial charge in [0.25, 0.3) is 0 Å². The molecule has 2 amide bonds. The van der Waals surface area contributed by atoms with Crippen molar-refractivity contribution in [3.8, 4) is 0 Å². The zero-order chi connectivity index (χ0) is 19.4. The van der Waals surface area contributed by atoms with Crippen LogP contribution in [-0.2, 0) is 16.0 Å². The Morgan fingerprint density at radius 2 is 2.07 bits per heavy atom. The Kier molecular flexibility index (Phi) is 6.20. The molecule has 0 saturated carbocycles. The summed E-state index contributed by atoms with van der Waals surface area (Å²) in [4.78, 5) is 26.9. The van der Waals surface area contributed by atoms with Crippen LogP contribution in [0.4, 0.5) is 0 Å². The lowest BCUT2D eigenvalue weighted by molar-refractivity contribution is -0.154. The van der Waals surface area contributed by atoms with E-state index in [1.165, 1.54) is 11.1 Å². The van der Waals surface area contributed by atoms with Crippen LogP contribution in [-0.4, -0.2) is 47.6 Å². The maximum atomic E-state index is 12.7. The molecule has 148 valence electrons. The summed E-state index contributed by atoms with van der Waals surface area (Å²) in [6.07, 6.45) is 3.52. The van der Waals surface area contributed by atoms with E-state index >= 15 is 0 Å². The van der Waals surface area contributed by atoms with Crippen molar-refractivity contribution in [2.45, 2.75) is 64.4 Å². The first kappa shape index (κ1) is 19.9. The number of nitrogens with one attached hydrogen (secondary N) is 1. The highest BCUT2D eigenvalue weighted by molar-refractivity contribution is 5.86. The van der Waals surface area contributed by atoms with E-state index in [2.05, 4.69) is 43.4 Å². The second-order valence-electron chi connectivity index (χ2n) is 8.39. The van der Waals surface area contributed by atoms with Gasteiger partial charge in [0, 0.05) is 26.1 Å². The highest BCUT2D eigenvalue weighted by atomic mass is 16.3. The third-order valence-corrected chi connectivity index (χ3v) is 6.18. The summed E-state index contributed by atoms with van der Waals surface area (Å²) in [5, 5.41) is 13.3. The Morgan fingerprint density at radius 1 is 1.33 bits per heavy atom. The fraction of sp³-hybridized carbons (Fsp3) is 0.636. The predicted molar refractivity (Wildman–Crippen MR) is 105 cm³/mol. The molecule has 2 aliphatic heterocycles. The number of carbonyl (C=O) groups excluding carboxylic acids is 2. The molecule has 0 unspecified atom stereocenters. The van der Waals surface area contributed by atoms with E-state index in [0.29, 0.717) is 44.8 Å². The number of amides is 2. The van der Waals surface area contributed by atoms with E-state index in [9.17, 15) is 14.7 Å². The standard InChI is InChI=1S/C22H32N2O3/c1-16(2)18-9-7-17(8-10-18)5-3-6-20(26)24-14-11-19(25)22(15-24)12-4-13-23-21(22)27/h7-10,16,19,25H,3-6,11-15H2,1-2H3,(H,23,27)/t19-,22+/m0/s1. The molecule has 2 atom stereocenters. The summed E-state index contributed by atoms with van der Waals surface area (Å²) in [5.41, 5.74) is 1.78. The predicted octanol–water partition coefficient (Wildman–Crippen LogP) is 2.62. The van der Waals surface area contributed by atoms with Gasteiger partial charge in [-0.05, 0) is 49.1 Å². The highest BCUT2D eigenvalue weighted by Gasteiger charge is 2.50. The van der Waals surface area contributed by atoms with E-state index in [1.54, 1.807) is 4.90 Å². The number of nitrogens with zero attached hydrogens (tertiary/aromatic N) is 1. The number of hydrogen-bond acceptors (Lipinski definition) is 3. The number of aliphatic hydroxyl groups excluding tert-OH is 1. The Bertz CT molecular complexity index is 671. The first-order chi connectivity index (χ1) is 12.9. The molecule has 0 aromatic heterocycles. The summed E-state index contributed by atoms with van der Waals surface area (Å²) in [6, 6.07) is 8.63. The maximum Gasteiger partial charge on any atom is 0.230 e. The van der Waals surface area contributed by atoms with E-state index in [4.69, 9.17) is 0 Å². The topological polar surface area (TPSA) is 69.6 Å². The molecule has 0 bridgehead atoms. The molecule has 5 heteroatoms. The van der Waals surface area contributed by atoms with Gasteiger partial charge in [0.1, 0.15) is 0 Å². The number of rotatable bonds is 5. The van der Waals surface area contributed by atoms with Crippen molar-refractivity contribution in [3.63, 3.8) is 0 Å². The number of carbonyl (C=O) groups is 2. The summed E-state index contributed by atoms with van der Waals surface area (Å²) < 4.78 is 0. The van der Waals surface area contributed by atoms with Crippen LogP contribution < -0.4 is 5.32 Å². The summed E-state index contributed by atoms with van der Waals surface area (Å²) in [7, 11) is 0. The van der Waals surface area contributed by atoms with Crippen LogP contribution in [0.15, 0.2) is 24.3 Å². The number of aliphatic hydroxyl groups is 1. The second kappa shape index (κ2) is 8.42. The highest BCUT2D eigenvalue weighted by Crippen LogP contribution is 2.37. The molecule has 0 radical (unpaired) electrons. The number of benzene rings is 1. The third kappa shape index (κ3) is 4.34. The van der Waals surface area contributed by atoms with Crippen LogP contribution in [0.1, 0.15) is 63.0 Å². The molecule has 2 fully saturated rings. The van der Waals surface area contributed by atoms with Crippen molar-refractivity contribution >= 4 is 11.8 Å². The molecular formula is C22H32N2O3. The average molecular weight is 373 g/mol. The lowest BCUT2D eigenvalue weighted by atomic mass is 9.71. The molecule has 0 aliphatic carbocycles. The summed E-state index contributed by atoms with van der Waals surface area (Å²) in [5.74, 6) is 0.529. The van der Waals surface area contributed by atoms with Gasteiger partial charge in [-0.25, -0.2) is 0 Å². The van der Waals surface area contributed by atoms with E-state index in [0.717, 1.165) is 19.3 Å². The van der Waals surface area contributed by atoms with Crippen molar-refractivity contribution in [3.05, 3.63) is 35.4 Å². The molecule has 2 N–H and O–H groups in total. The van der Waals surface area contributed by atoms with Gasteiger partial charge in [0.15, 0.2) is 0 Å². The molecule has 1 aromatic rings. The summed E-state index contributed by atoms with van der Waals surface area (Å²) >= 11 is 0. The van der Waals surface area contributed by atoms with Gasteiger partial charge in [-0.3, -0.25) is 9.59 Å². The first-order valence-electron chi connectivity index (χ1n) is 10.3. The zero-order valence-corrected chi connectivity index (χ0v) is 16.5. The number of aryl methyl sites for hydroxylation is 1. The van der Waals surface area contributed by atoms with Crippen LogP contribution >= 0.6 is 0 Å². The largest absolute Gasteiger partial charge is 0.392 e. The summed E-state index contributed by atoms with van der Waals surface area (Å²) in [6.45, 7) is 5.92. The van der Waals surface area contributed by atoms with Crippen LogP contribution in [0.5, 0.6) is 0 Å². The minimum atomic E-state index is -0.807. The number of hydrogen-bond donors (Lipinski definition) is 2. The Hall–Kier alpha value is -1.88. The SMILES string of the molecule is CC(C)c1ccc(CCCC(=O)N2CC[C@H](O)[C@@]3(CCCNC3=O)C2)cc1. The Labute approximate surface area is 162 Å². The smallest absolute Gasteiger partial charge is 0.230 e. The van der Waals surface area contributed by atoms with Crippen LogP contribution in [0, 0.1) is 5.41 Å². The van der Waals surface area contributed by atoms with Gasteiger partial charge in [-0.2, -0.15) is 0 Å². The monoisotopic (exact) mass is 372 g/mol. The average Bonchev–Trinajstić information content (AvgIpc) is 2.66. The van der Waals surface area contributed by atoms with Gasteiger partial charge in [-0.15, -0.1) is 0 Å². The molecule has 3 rings (SSSR count). The van der Waals surface area contributed by atoms with Crippen molar-refractivity contribution in [1.29, 1.82) is 0 Å². The van der Waals surface area contributed by atoms with E-state index in [1.807, 2.05) is 0 Å². The van der Waals surface area contributed by atoms with Gasteiger partial charge in [0.2, 0.25) is 11.8 Å². The second-order valence-corrected chi connectivity index (χ2v) is 8.39. The molecule has 1 aromatic carbocycles. The Morgan fingerprint density at radius 3 is 2.74 bits per heavy atom. The normalized spacial score (nSPS) is 25.7. The van der Waals surface area contributed by atoms with Crippen LogP contribution in [0.2, 0.25) is 0 Å². The molecule has 5 nitrogen and oxygen atoms in total. The molecule has 27 heavy (non-hydrogen) atoms. The van der Waals surface area contributed by atoms with E-state index in [-0.39, 0.29) is 11.8 Å². The van der Waals surface area contributed by atoms with Gasteiger partial charge in [-0.1, -0.05) is 38.1 Å². The third-order valence-electron chi connectivity index (χ3n) is 6.18. The fourth-order valence-electron chi connectivity index (χ4n) is 4.33. The van der Waals surface area contributed by atoms with Crippen molar-refractivity contribution in [2.75, 3.05) is 19.6 Å². The zero-order valence-electron chi connectivity index (χ0n) is 16.5. The van der Waals surface area contributed by atoms with Crippen LogP contribution in [0.25, 0.3) is 0 Å². The molecule has 2 saturated heterocycles. The van der Waals surface area contributed by atoms with Crippen molar-refractivity contribution in [1.82, 2.24) is 10.2 Å². The van der Waals surface area contributed by atoms with Gasteiger partial charge in [0.05, 0.1) is 11.5 Å². The Balaban J connectivity index is 1.52. The van der Waals surface area contributed by atoms with Gasteiger partial charge >= 0.3 is 0 Å². The maximum absolute atomic E-state index is 12.7. The molecular weight excluding hydrogens is 340 g/mol. The lowest BCUT2D eigenvalue weighted by Crippen LogP contribution is -2.62. The lowest BCUT2D eigenvalue weighted by Gasteiger charge is -2.46. The van der Waals surface area contributed by atoms with Gasteiger partial charge < -0.3 is 15.3 Å². The van der Waals surface area contributed by atoms with E-state index < -0.39 is 11.5 Å². The first-order valence-corrected chi connectivity index (χ1v) is 10.3. The number of likely N-dealkylation sites (tertiary alicyclic amines) is 1. The van der Waals surface area contributed by atoms with Crippen molar-refractivity contribution in [2.24, 2.45) is 5.41 Å². The van der Waals surface area contributed by atoms with Crippen LogP contribution in [0.3, 0.4) is 0 Å². The minimum Gasteiger partial charge on any atom is -0.392 e. The molecule has 2 aliphatic rings. The molecule has 1 spiro atoms. The quantitative estimate of drug-likeness (QED) is 0.835. The fourth-order valence-corrected chi connectivity index (χ4v) is 4.33.